The number of fused-ring (bicyclic) bond motifs is 1. The normalized spacial score (nSPS) is 17.6. The smallest absolute Gasteiger partial charge is 0.263 e. The zero-order valence-corrected chi connectivity index (χ0v) is 24.6. The second-order valence-corrected chi connectivity index (χ2v) is 11.4. The van der Waals surface area contributed by atoms with Gasteiger partial charge in [-0.05, 0) is 61.7 Å². The molecule has 0 aromatic heterocycles. The Morgan fingerprint density at radius 3 is 2.26 bits per heavy atom. The molecule has 0 N–H and O–H groups in total. The minimum absolute atomic E-state index is 0.0445. The summed E-state index contributed by atoms with van der Waals surface area (Å²) in [7, 11) is 0. The van der Waals surface area contributed by atoms with E-state index in [9.17, 15) is 14.4 Å². The Morgan fingerprint density at radius 2 is 1.52 bits per heavy atom. The Bertz CT molecular complexity index is 1490. The standard InChI is InChI=1S/C33H35ClN4O4/c1-2-42-29-12-4-3-10-27(29)36-17-19-37(20-18-36)31(39)24-13-15-35(16-14-24)28-11-6-9-26-30(28)33(41)38(32(26)40)22-23-7-5-8-25(34)21-23/h3-12,21,24H,2,13-20,22H2,1H3. The summed E-state index contributed by atoms with van der Waals surface area (Å²) in [6.45, 7) is 7.00. The van der Waals surface area contributed by atoms with Gasteiger partial charge in [0.1, 0.15) is 5.75 Å². The third-order valence-electron chi connectivity index (χ3n) is 8.49. The lowest BCUT2D eigenvalue weighted by molar-refractivity contribution is -0.136. The number of carbonyl (C=O) groups is 3. The zero-order chi connectivity index (χ0) is 29.2. The van der Waals surface area contributed by atoms with E-state index < -0.39 is 0 Å². The van der Waals surface area contributed by atoms with Crippen molar-refractivity contribution in [2.24, 2.45) is 5.92 Å². The highest BCUT2D eigenvalue weighted by atomic mass is 35.5. The molecule has 3 heterocycles. The number of anilines is 2. The maximum atomic E-state index is 13.5. The second-order valence-electron chi connectivity index (χ2n) is 11.0. The van der Waals surface area contributed by atoms with Gasteiger partial charge in [0.25, 0.3) is 11.8 Å². The number of halogens is 1. The average Bonchev–Trinajstić information content (AvgIpc) is 3.26. The van der Waals surface area contributed by atoms with Crippen molar-refractivity contribution < 1.29 is 19.1 Å². The molecule has 0 radical (unpaired) electrons. The van der Waals surface area contributed by atoms with Crippen LogP contribution in [0.1, 0.15) is 46.0 Å². The van der Waals surface area contributed by atoms with Gasteiger partial charge in [-0.3, -0.25) is 19.3 Å². The maximum Gasteiger partial charge on any atom is 0.263 e. The van der Waals surface area contributed by atoms with Crippen LogP contribution in [0.25, 0.3) is 0 Å². The highest BCUT2D eigenvalue weighted by Crippen LogP contribution is 2.35. The fourth-order valence-electron chi connectivity index (χ4n) is 6.33. The number of ether oxygens (including phenoxy) is 1. The molecule has 0 saturated carbocycles. The van der Waals surface area contributed by atoms with Gasteiger partial charge in [0.05, 0.1) is 35.7 Å². The molecule has 2 saturated heterocycles. The minimum Gasteiger partial charge on any atom is -0.492 e. The molecule has 0 unspecified atom stereocenters. The number of rotatable bonds is 7. The van der Waals surface area contributed by atoms with Crippen LogP contribution in [0, 0.1) is 5.92 Å². The summed E-state index contributed by atoms with van der Waals surface area (Å²) in [5, 5.41) is 0.566. The first-order valence-corrected chi connectivity index (χ1v) is 15.1. The quantitative estimate of drug-likeness (QED) is 0.359. The molecule has 2 fully saturated rings. The molecule has 8 nitrogen and oxygen atoms in total. The largest absolute Gasteiger partial charge is 0.492 e. The molecular formula is C33H35ClN4O4. The van der Waals surface area contributed by atoms with Gasteiger partial charge < -0.3 is 19.4 Å². The Kier molecular flexibility index (Phi) is 8.07. The molecule has 0 bridgehead atoms. The van der Waals surface area contributed by atoms with E-state index in [1.54, 1.807) is 18.2 Å². The van der Waals surface area contributed by atoms with Crippen LogP contribution in [0.5, 0.6) is 5.75 Å². The fourth-order valence-corrected chi connectivity index (χ4v) is 6.54. The summed E-state index contributed by atoms with van der Waals surface area (Å²) in [5.74, 6) is 0.478. The molecule has 9 heteroatoms. The van der Waals surface area contributed by atoms with E-state index in [1.165, 1.54) is 4.90 Å². The first-order valence-electron chi connectivity index (χ1n) is 14.7. The average molecular weight is 587 g/mol. The van der Waals surface area contributed by atoms with Crippen LogP contribution < -0.4 is 14.5 Å². The number of piperazine rings is 1. The molecule has 0 spiro atoms. The van der Waals surface area contributed by atoms with Crippen molar-refractivity contribution in [3.05, 3.63) is 88.4 Å². The van der Waals surface area contributed by atoms with Gasteiger partial charge in [-0.15, -0.1) is 0 Å². The van der Waals surface area contributed by atoms with Crippen LogP contribution in [0.15, 0.2) is 66.7 Å². The molecule has 3 aliphatic heterocycles. The van der Waals surface area contributed by atoms with Crippen LogP contribution in [-0.4, -0.2) is 73.4 Å². The highest BCUT2D eigenvalue weighted by Gasteiger charge is 2.39. The van der Waals surface area contributed by atoms with E-state index in [4.69, 9.17) is 16.3 Å². The molecule has 3 aromatic rings. The highest BCUT2D eigenvalue weighted by molar-refractivity contribution is 6.30. The van der Waals surface area contributed by atoms with Crippen molar-refractivity contribution >= 4 is 40.7 Å². The number of carbonyl (C=O) groups excluding carboxylic acids is 3. The van der Waals surface area contributed by atoms with E-state index in [-0.39, 0.29) is 30.2 Å². The molecule has 3 aliphatic rings. The minimum atomic E-state index is -0.287. The molecular weight excluding hydrogens is 552 g/mol. The SMILES string of the molecule is CCOc1ccccc1N1CCN(C(=O)C2CCN(c3cccc4c3C(=O)N(Cc3cccc(Cl)c3)C4=O)CC2)CC1. The van der Waals surface area contributed by atoms with Crippen LogP contribution in [0.3, 0.4) is 0 Å². The van der Waals surface area contributed by atoms with Crippen molar-refractivity contribution in [1.29, 1.82) is 0 Å². The summed E-state index contributed by atoms with van der Waals surface area (Å²) in [4.78, 5) is 47.9. The first kappa shape index (κ1) is 28.1. The number of amides is 3. The summed E-state index contributed by atoms with van der Waals surface area (Å²) in [6.07, 6.45) is 1.43. The van der Waals surface area contributed by atoms with Crippen molar-refractivity contribution in [2.75, 3.05) is 55.7 Å². The number of piperidine rings is 1. The second kappa shape index (κ2) is 12.1. The number of hydrogen-bond acceptors (Lipinski definition) is 6. The molecule has 6 rings (SSSR count). The van der Waals surface area contributed by atoms with E-state index in [1.807, 2.05) is 54.3 Å². The van der Waals surface area contributed by atoms with E-state index >= 15 is 0 Å². The Balaban J connectivity index is 1.07. The molecule has 42 heavy (non-hydrogen) atoms. The Labute approximate surface area is 251 Å². The van der Waals surface area contributed by atoms with E-state index in [2.05, 4.69) is 15.9 Å². The van der Waals surface area contributed by atoms with Gasteiger partial charge in [0, 0.05) is 50.2 Å². The summed E-state index contributed by atoms with van der Waals surface area (Å²) >= 11 is 6.12. The van der Waals surface area contributed by atoms with Gasteiger partial charge in [0.15, 0.2) is 0 Å². The summed E-state index contributed by atoms with van der Waals surface area (Å²) in [5.41, 5.74) is 3.54. The van der Waals surface area contributed by atoms with Gasteiger partial charge in [-0.2, -0.15) is 0 Å². The number of para-hydroxylation sites is 2. The molecule has 3 amide bonds. The molecule has 0 atom stereocenters. The monoisotopic (exact) mass is 586 g/mol. The van der Waals surface area contributed by atoms with Crippen molar-refractivity contribution in [2.45, 2.75) is 26.3 Å². The predicted molar refractivity (Wildman–Crippen MR) is 163 cm³/mol. The zero-order valence-electron chi connectivity index (χ0n) is 23.8. The van der Waals surface area contributed by atoms with Crippen molar-refractivity contribution in [1.82, 2.24) is 9.80 Å². The van der Waals surface area contributed by atoms with Crippen LogP contribution in [-0.2, 0) is 11.3 Å². The Hall–Kier alpha value is -4.04. The van der Waals surface area contributed by atoms with E-state index in [0.29, 0.717) is 61.8 Å². The lowest BCUT2D eigenvalue weighted by Gasteiger charge is -2.40. The van der Waals surface area contributed by atoms with Crippen LogP contribution >= 0.6 is 11.6 Å². The number of hydrogen-bond donors (Lipinski definition) is 0. The predicted octanol–water partition coefficient (Wildman–Crippen LogP) is 5.10. The van der Waals surface area contributed by atoms with Crippen LogP contribution in [0.2, 0.25) is 5.02 Å². The number of imide groups is 1. The number of benzene rings is 3. The number of nitrogens with zero attached hydrogens (tertiary/aromatic N) is 4. The topological polar surface area (TPSA) is 73.4 Å². The fraction of sp³-hybridized carbons (Fsp3) is 0.364. The van der Waals surface area contributed by atoms with Gasteiger partial charge in [-0.25, -0.2) is 0 Å². The van der Waals surface area contributed by atoms with Crippen molar-refractivity contribution in [3.63, 3.8) is 0 Å². The summed E-state index contributed by atoms with van der Waals surface area (Å²) in [6, 6.07) is 20.7. The van der Waals surface area contributed by atoms with Gasteiger partial charge in [-0.1, -0.05) is 41.9 Å². The molecule has 3 aromatic carbocycles. The summed E-state index contributed by atoms with van der Waals surface area (Å²) < 4.78 is 5.81. The molecule has 0 aliphatic carbocycles. The van der Waals surface area contributed by atoms with Gasteiger partial charge in [0.2, 0.25) is 5.91 Å². The van der Waals surface area contributed by atoms with E-state index in [0.717, 1.165) is 35.8 Å². The van der Waals surface area contributed by atoms with Crippen molar-refractivity contribution in [3.8, 4) is 5.75 Å². The maximum absolute atomic E-state index is 13.5. The lowest BCUT2D eigenvalue weighted by atomic mass is 9.93. The van der Waals surface area contributed by atoms with Crippen LogP contribution in [0.4, 0.5) is 11.4 Å². The third kappa shape index (κ3) is 5.43. The lowest BCUT2D eigenvalue weighted by Crippen LogP contribution is -2.51. The third-order valence-corrected chi connectivity index (χ3v) is 8.72. The first-order chi connectivity index (χ1) is 20.4. The molecule has 218 valence electrons. The van der Waals surface area contributed by atoms with Gasteiger partial charge >= 0.3 is 0 Å². The Morgan fingerprint density at radius 1 is 0.833 bits per heavy atom.